The van der Waals surface area contributed by atoms with E-state index in [4.69, 9.17) is 4.42 Å². The lowest BCUT2D eigenvalue weighted by atomic mass is 9.85. The zero-order chi connectivity index (χ0) is 12.1. The van der Waals surface area contributed by atoms with Crippen LogP contribution in [0.5, 0.6) is 0 Å². The first-order valence-corrected chi connectivity index (χ1v) is 6.26. The highest BCUT2D eigenvalue weighted by Gasteiger charge is 2.16. The Labute approximate surface area is 99.4 Å². The zero-order valence-electron chi connectivity index (χ0n) is 11.2. The van der Waals surface area contributed by atoms with Crippen molar-refractivity contribution in [2.75, 3.05) is 6.54 Å². The lowest BCUT2D eigenvalue weighted by Gasteiger charge is -2.25. The molecule has 0 aliphatic heterocycles. The standard InChI is InChI=1S/C14H25NO/c1-10(2)13(11(3)4)8-15-9-14-12(5)6-7-16-14/h6-7,10-11,13,15H,8-9H2,1-5H3. The molecule has 0 spiro atoms. The van der Waals surface area contributed by atoms with E-state index in [2.05, 4.69) is 39.9 Å². The summed E-state index contributed by atoms with van der Waals surface area (Å²) in [6.07, 6.45) is 1.76. The van der Waals surface area contributed by atoms with Crippen LogP contribution in [0.25, 0.3) is 0 Å². The van der Waals surface area contributed by atoms with Crippen LogP contribution in [-0.4, -0.2) is 6.54 Å². The lowest BCUT2D eigenvalue weighted by molar-refractivity contribution is 0.272. The van der Waals surface area contributed by atoms with Gasteiger partial charge in [0.2, 0.25) is 0 Å². The summed E-state index contributed by atoms with van der Waals surface area (Å²) in [4.78, 5) is 0. The molecule has 0 radical (unpaired) electrons. The molecule has 1 aromatic rings. The van der Waals surface area contributed by atoms with Gasteiger partial charge in [-0.3, -0.25) is 0 Å². The molecule has 0 aliphatic carbocycles. The van der Waals surface area contributed by atoms with Crippen LogP contribution < -0.4 is 5.32 Å². The first-order valence-electron chi connectivity index (χ1n) is 6.26. The molecule has 1 aromatic heterocycles. The Morgan fingerprint density at radius 2 is 1.81 bits per heavy atom. The van der Waals surface area contributed by atoms with E-state index >= 15 is 0 Å². The Kier molecular flexibility index (Phi) is 5.07. The lowest BCUT2D eigenvalue weighted by Crippen LogP contribution is -2.29. The Morgan fingerprint density at radius 3 is 2.25 bits per heavy atom. The van der Waals surface area contributed by atoms with E-state index in [-0.39, 0.29) is 0 Å². The summed E-state index contributed by atoms with van der Waals surface area (Å²) in [5.41, 5.74) is 1.23. The molecule has 1 N–H and O–H groups in total. The van der Waals surface area contributed by atoms with Crippen LogP contribution in [0.2, 0.25) is 0 Å². The molecular weight excluding hydrogens is 198 g/mol. The van der Waals surface area contributed by atoms with E-state index in [1.807, 2.05) is 6.07 Å². The number of rotatable bonds is 6. The fraction of sp³-hybridized carbons (Fsp3) is 0.714. The first-order chi connectivity index (χ1) is 7.52. The highest BCUT2D eigenvalue weighted by Crippen LogP contribution is 2.19. The maximum Gasteiger partial charge on any atom is 0.120 e. The van der Waals surface area contributed by atoms with E-state index in [1.54, 1.807) is 6.26 Å². The first kappa shape index (κ1) is 13.3. The summed E-state index contributed by atoms with van der Waals surface area (Å²) >= 11 is 0. The summed E-state index contributed by atoms with van der Waals surface area (Å²) in [6.45, 7) is 13.2. The molecule has 0 atom stereocenters. The van der Waals surface area contributed by atoms with Gasteiger partial charge in [0.25, 0.3) is 0 Å². The topological polar surface area (TPSA) is 25.2 Å². The van der Waals surface area contributed by atoms with Gasteiger partial charge in [0.05, 0.1) is 12.8 Å². The number of hydrogen-bond acceptors (Lipinski definition) is 2. The number of hydrogen-bond donors (Lipinski definition) is 1. The van der Waals surface area contributed by atoms with E-state index < -0.39 is 0 Å². The SMILES string of the molecule is Cc1ccoc1CNCC(C(C)C)C(C)C. The summed E-state index contributed by atoms with van der Waals surface area (Å²) in [5.74, 6) is 3.25. The number of furan rings is 1. The van der Waals surface area contributed by atoms with Crippen molar-refractivity contribution in [2.45, 2.75) is 41.2 Å². The van der Waals surface area contributed by atoms with E-state index in [0.29, 0.717) is 0 Å². The molecule has 2 heteroatoms. The smallest absolute Gasteiger partial charge is 0.120 e. The molecule has 0 amide bonds. The van der Waals surface area contributed by atoms with Crippen molar-refractivity contribution in [1.82, 2.24) is 5.32 Å². The van der Waals surface area contributed by atoms with Crippen LogP contribution in [-0.2, 0) is 6.54 Å². The van der Waals surface area contributed by atoms with Gasteiger partial charge < -0.3 is 9.73 Å². The predicted octanol–water partition coefficient (Wildman–Crippen LogP) is 3.61. The second-order valence-corrected chi connectivity index (χ2v) is 5.31. The molecule has 92 valence electrons. The normalized spacial score (nSPS) is 12.0. The Morgan fingerprint density at radius 1 is 1.19 bits per heavy atom. The van der Waals surface area contributed by atoms with Gasteiger partial charge in [-0.05, 0) is 42.9 Å². The highest BCUT2D eigenvalue weighted by atomic mass is 16.3. The van der Waals surface area contributed by atoms with Gasteiger partial charge in [-0.25, -0.2) is 0 Å². The third kappa shape index (κ3) is 3.67. The van der Waals surface area contributed by atoms with E-state index in [1.165, 1.54) is 5.56 Å². The molecule has 0 aromatic carbocycles. The second-order valence-electron chi connectivity index (χ2n) is 5.31. The van der Waals surface area contributed by atoms with Crippen molar-refractivity contribution in [3.05, 3.63) is 23.7 Å². The molecule has 2 nitrogen and oxygen atoms in total. The molecule has 0 bridgehead atoms. The quantitative estimate of drug-likeness (QED) is 0.797. The molecule has 0 saturated carbocycles. The van der Waals surface area contributed by atoms with Crippen molar-refractivity contribution < 1.29 is 4.42 Å². The van der Waals surface area contributed by atoms with Gasteiger partial charge in [0, 0.05) is 0 Å². The third-order valence-corrected chi connectivity index (χ3v) is 3.35. The van der Waals surface area contributed by atoms with Gasteiger partial charge in [-0.2, -0.15) is 0 Å². The second kappa shape index (κ2) is 6.09. The van der Waals surface area contributed by atoms with Gasteiger partial charge in [-0.15, -0.1) is 0 Å². The minimum atomic E-state index is 0.727. The molecule has 0 unspecified atom stereocenters. The van der Waals surface area contributed by atoms with Crippen molar-refractivity contribution >= 4 is 0 Å². The average Bonchev–Trinajstić information content (AvgIpc) is 2.57. The van der Waals surface area contributed by atoms with Crippen LogP contribution >= 0.6 is 0 Å². The predicted molar refractivity (Wildman–Crippen MR) is 68.3 cm³/mol. The molecule has 1 heterocycles. The maximum absolute atomic E-state index is 5.40. The fourth-order valence-electron chi connectivity index (χ4n) is 2.18. The molecular formula is C14H25NO. The average molecular weight is 223 g/mol. The Bertz CT molecular complexity index is 293. The van der Waals surface area contributed by atoms with Crippen molar-refractivity contribution in [3.63, 3.8) is 0 Å². The van der Waals surface area contributed by atoms with Gasteiger partial charge in [-0.1, -0.05) is 27.7 Å². The Balaban J connectivity index is 2.37. The third-order valence-electron chi connectivity index (χ3n) is 3.35. The molecule has 0 saturated heterocycles. The van der Waals surface area contributed by atoms with Gasteiger partial charge in [0.1, 0.15) is 5.76 Å². The minimum absolute atomic E-state index is 0.727. The fourth-order valence-corrected chi connectivity index (χ4v) is 2.18. The minimum Gasteiger partial charge on any atom is -0.468 e. The monoisotopic (exact) mass is 223 g/mol. The number of nitrogens with one attached hydrogen (secondary N) is 1. The summed E-state index contributed by atoms with van der Waals surface area (Å²) in [7, 11) is 0. The molecule has 0 fully saturated rings. The van der Waals surface area contributed by atoms with Crippen molar-refractivity contribution in [2.24, 2.45) is 17.8 Å². The summed E-state index contributed by atoms with van der Waals surface area (Å²) < 4.78 is 5.40. The maximum atomic E-state index is 5.40. The van der Waals surface area contributed by atoms with Crippen LogP contribution in [0.4, 0.5) is 0 Å². The summed E-state index contributed by atoms with van der Waals surface area (Å²) in [5, 5.41) is 3.50. The van der Waals surface area contributed by atoms with Crippen molar-refractivity contribution in [1.29, 1.82) is 0 Å². The van der Waals surface area contributed by atoms with E-state index in [9.17, 15) is 0 Å². The van der Waals surface area contributed by atoms with E-state index in [0.717, 1.165) is 36.6 Å². The van der Waals surface area contributed by atoms with Crippen LogP contribution in [0, 0.1) is 24.7 Å². The van der Waals surface area contributed by atoms with Gasteiger partial charge in [0.15, 0.2) is 0 Å². The van der Waals surface area contributed by atoms with Gasteiger partial charge >= 0.3 is 0 Å². The Hall–Kier alpha value is -0.760. The summed E-state index contributed by atoms with van der Waals surface area (Å²) in [6, 6.07) is 2.01. The number of aryl methyl sites for hydroxylation is 1. The molecule has 1 rings (SSSR count). The highest BCUT2D eigenvalue weighted by molar-refractivity contribution is 5.14. The van der Waals surface area contributed by atoms with Crippen LogP contribution in [0.15, 0.2) is 16.7 Å². The largest absolute Gasteiger partial charge is 0.468 e. The zero-order valence-corrected chi connectivity index (χ0v) is 11.2. The molecule has 0 aliphatic rings. The van der Waals surface area contributed by atoms with Crippen LogP contribution in [0.1, 0.15) is 39.0 Å². The van der Waals surface area contributed by atoms with Crippen molar-refractivity contribution in [3.8, 4) is 0 Å². The molecule has 16 heavy (non-hydrogen) atoms. The van der Waals surface area contributed by atoms with Crippen LogP contribution in [0.3, 0.4) is 0 Å².